The van der Waals surface area contributed by atoms with Gasteiger partial charge in [0, 0.05) is 13.3 Å². The lowest BCUT2D eigenvalue weighted by Crippen LogP contribution is -2.12. The Kier molecular flexibility index (Phi) is 3.68. The molecule has 2 nitrogen and oxygen atoms in total. The molecule has 90 valence electrons. The van der Waals surface area contributed by atoms with Crippen LogP contribution in [0.25, 0.3) is 11.1 Å². The second kappa shape index (κ2) is 5.41. The van der Waals surface area contributed by atoms with Gasteiger partial charge in [0.2, 0.25) is 5.78 Å². The number of carbonyl (C=O) groups excluding carboxylic acids is 2. The van der Waals surface area contributed by atoms with E-state index in [0.717, 1.165) is 16.7 Å². The van der Waals surface area contributed by atoms with E-state index in [1.165, 1.54) is 6.92 Å². The summed E-state index contributed by atoms with van der Waals surface area (Å²) in [5.41, 5.74) is 3.12. The van der Waals surface area contributed by atoms with E-state index in [9.17, 15) is 9.59 Å². The zero-order valence-corrected chi connectivity index (χ0v) is 10.2. The minimum Gasteiger partial charge on any atom is -0.291 e. The summed E-state index contributed by atoms with van der Waals surface area (Å²) in [5, 5.41) is 0. The summed E-state index contributed by atoms with van der Waals surface area (Å²) in [6.45, 7) is 1.31. The molecule has 0 unspecified atom stereocenters. The molecule has 0 bridgehead atoms. The molecule has 0 saturated heterocycles. The molecule has 2 heteroatoms. The summed E-state index contributed by atoms with van der Waals surface area (Å²) in [5.74, 6) is -0.732. The lowest BCUT2D eigenvalue weighted by Gasteiger charge is -2.03. The molecule has 0 radical (unpaired) electrons. The highest BCUT2D eigenvalue weighted by Crippen LogP contribution is 2.19. The number of Topliss-reactive ketones (excluding diaryl/α,β-unsaturated/α-hetero) is 2. The molecule has 0 fully saturated rings. The molecule has 2 aromatic carbocycles. The first-order chi connectivity index (χ1) is 8.66. The van der Waals surface area contributed by atoms with Crippen molar-refractivity contribution >= 4 is 11.6 Å². The smallest absolute Gasteiger partial charge is 0.202 e. The van der Waals surface area contributed by atoms with Crippen LogP contribution in [0.15, 0.2) is 54.6 Å². The normalized spacial score (nSPS) is 10.1. The monoisotopic (exact) mass is 238 g/mol. The van der Waals surface area contributed by atoms with Crippen molar-refractivity contribution in [3.63, 3.8) is 0 Å². The van der Waals surface area contributed by atoms with Gasteiger partial charge in [0.1, 0.15) is 0 Å². The fraction of sp³-hybridized carbons (Fsp3) is 0.125. The Labute approximate surface area is 106 Å². The zero-order valence-electron chi connectivity index (χ0n) is 10.2. The van der Waals surface area contributed by atoms with Crippen LogP contribution in [-0.4, -0.2) is 11.6 Å². The molecular formula is C16H14O2. The summed E-state index contributed by atoms with van der Waals surface area (Å²) in [6.07, 6.45) is 0.185. The van der Waals surface area contributed by atoms with Gasteiger partial charge in [-0.15, -0.1) is 0 Å². The highest BCUT2D eigenvalue weighted by atomic mass is 16.2. The van der Waals surface area contributed by atoms with Gasteiger partial charge in [0.25, 0.3) is 0 Å². The van der Waals surface area contributed by atoms with Gasteiger partial charge in [-0.3, -0.25) is 9.59 Å². The summed E-state index contributed by atoms with van der Waals surface area (Å²) in [7, 11) is 0. The highest BCUT2D eigenvalue weighted by molar-refractivity contribution is 6.36. The van der Waals surface area contributed by atoms with Crippen molar-refractivity contribution in [2.24, 2.45) is 0 Å². The first-order valence-corrected chi connectivity index (χ1v) is 5.85. The molecule has 0 spiro atoms. The Morgan fingerprint density at radius 3 is 1.94 bits per heavy atom. The molecule has 0 heterocycles. The molecule has 0 aliphatic rings. The van der Waals surface area contributed by atoms with Crippen molar-refractivity contribution in [3.05, 3.63) is 60.2 Å². The Morgan fingerprint density at radius 1 is 0.833 bits per heavy atom. The van der Waals surface area contributed by atoms with Gasteiger partial charge in [0.15, 0.2) is 5.78 Å². The Hall–Kier alpha value is -2.22. The second-order valence-corrected chi connectivity index (χ2v) is 4.22. The second-order valence-electron chi connectivity index (χ2n) is 4.22. The van der Waals surface area contributed by atoms with E-state index in [2.05, 4.69) is 0 Å². The Morgan fingerprint density at radius 2 is 1.39 bits per heavy atom. The topological polar surface area (TPSA) is 34.1 Å². The van der Waals surface area contributed by atoms with Crippen LogP contribution >= 0.6 is 0 Å². The average Bonchev–Trinajstić information content (AvgIpc) is 2.40. The molecular weight excluding hydrogens is 224 g/mol. The minimum atomic E-state index is -0.387. The largest absolute Gasteiger partial charge is 0.291 e. The Bertz CT molecular complexity index is 553. The third-order valence-electron chi connectivity index (χ3n) is 2.82. The maximum absolute atomic E-state index is 11.3. The number of hydrogen-bond donors (Lipinski definition) is 0. The molecule has 0 aliphatic carbocycles. The first kappa shape index (κ1) is 12.2. The predicted molar refractivity (Wildman–Crippen MR) is 71.3 cm³/mol. The molecule has 0 aromatic heterocycles. The van der Waals surface area contributed by atoms with Crippen molar-refractivity contribution in [3.8, 4) is 11.1 Å². The SMILES string of the molecule is CC(=O)C(=O)Cc1ccc(-c2ccccc2)cc1. The van der Waals surface area contributed by atoms with Crippen molar-refractivity contribution < 1.29 is 9.59 Å². The van der Waals surface area contributed by atoms with E-state index in [1.807, 2.05) is 54.6 Å². The fourth-order valence-electron chi connectivity index (χ4n) is 1.76. The maximum Gasteiger partial charge on any atom is 0.202 e. The van der Waals surface area contributed by atoms with Crippen LogP contribution in [-0.2, 0) is 16.0 Å². The van der Waals surface area contributed by atoms with Crippen molar-refractivity contribution in [2.45, 2.75) is 13.3 Å². The van der Waals surface area contributed by atoms with Crippen molar-refractivity contribution in [1.29, 1.82) is 0 Å². The molecule has 2 aromatic rings. The van der Waals surface area contributed by atoms with E-state index in [1.54, 1.807) is 0 Å². The molecule has 0 amide bonds. The third-order valence-corrected chi connectivity index (χ3v) is 2.82. The van der Waals surface area contributed by atoms with E-state index < -0.39 is 0 Å². The van der Waals surface area contributed by atoms with Crippen molar-refractivity contribution in [1.82, 2.24) is 0 Å². The zero-order chi connectivity index (χ0) is 13.0. The molecule has 2 rings (SSSR count). The standard InChI is InChI=1S/C16H14O2/c1-12(17)16(18)11-13-7-9-15(10-8-13)14-5-3-2-4-6-14/h2-10H,11H2,1H3. The number of benzene rings is 2. The molecule has 0 atom stereocenters. The van der Waals surface area contributed by atoms with Gasteiger partial charge < -0.3 is 0 Å². The molecule has 18 heavy (non-hydrogen) atoms. The summed E-state index contributed by atoms with van der Waals surface area (Å²) < 4.78 is 0. The van der Waals surface area contributed by atoms with Crippen LogP contribution in [0.2, 0.25) is 0 Å². The molecule has 0 saturated carbocycles. The lowest BCUT2D eigenvalue weighted by molar-refractivity contribution is -0.134. The number of ketones is 2. The number of rotatable bonds is 4. The van der Waals surface area contributed by atoms with Crippen molar-refractivity contribution in [2.75, 3.05) is 0 Å². The van der Waals surface area contributed by atoms with E-state index >= 15 is 0 Å². The van der Waals surface area contributed by atoms with Crippen LogP contribution < -0.4 is 0 Å². The van der Waals surface area contributed by atoms with E-state index in [-0.39, 0.29) is 18.0 Å². The number of hydrogen-bond acceptors (Lipinski definition) is 2. The van der Waals surface area contributed by atoms with Gasteiger partial charge in [-0.25, -0.2) is 0 Å². The first-order valence-electron chi connectivity index (χ1n) is 5.85. The minimum absolute atomic E-state index is 0.185. The van der Waals surface area contributed by atoms with Crippen LogP contribution in [0, 0.1) is 0 Å². The average molecular weight is 238 g/mol. The third kappa shape index (κ3) is 2.92. The molecule has 0 N–H and O–H groups in total. The van der Waals surface area contributed by atoms with Gasteiger partial charge in [-0.2, -0.15) is 0 Å². The highest BCUT2D eigenvalue weighted by Gasteiger charge is 2.08. The summed E-state index contributed by atoms with van der Waals surface area (Å²) in [4.78, 5) is 22.2. The van der Waals surface area contributed by atoms with Crippen LogP contribution in [0.5, 0.6) is 0 Å². The van der Waals surface area contributed by atoms with Crippen LogP contribution in [0.4, 0.5) is 0 Å². The quantitative estimate of drug-likeness (QED) is 0.767. The predicted octanol–water partition coefficient (Wildman–Crippen LogP) is 3.05. The fourth-order valence-corrected chi connectivity index (χ4v) is 1.76. The lowest BCUT2D eigenvalue weighted by atomic mass is 10.0. The van der Waals surface area contributed by atoms with Gasteiger partial charge >= 0.3 is 0 Å². The van der Waals surface area contributed by atoms with E-state index in [0.29, 0.717) is 0 Å². The van der Waals surface area contributed by atoms with Gasteiger partial charge in [-0.05, 0) is 16.7 Å². The Balaban J connectivity index is 2.16. The molecule has 0 aliphatic heterocycles. The van der Waals surface area contributed by atoms with Gasteiger partial charge in [0.05, 0.1) is 0 Å². The summed E-state index contributed by atoms with van der Waals surface area (Å²) in [6, 6.07) is 17.8. The number of carbonyl (C=O) groups is 2. The van der Waals surface area contributed by atoms with Gasteiger partial charge in [-0.1, -0.05) is 54.6 Å². The maximum atomic E-state index is 11.3. The summed E-state index contributed by atoms with van der Waals surface area (Å²) >= 11 is 0. The van der Waals surface area contributed by atoms with Crippen LogP contribution in [0.1, 0.15) is 12.5 Å². The van der Waals surface area contributed by atoms with Crippen LogP contribution in [0.3, 0.4) is 0 Å². The van der Waals surface area contributed by atoms with E-state index in [4.69, 9.17) is 0 Å².